The highest BCUT2D eigenvalue weighted by atomic mass is 19.3. The lowest BCUT2D eigenvalue weighted by Gasteiger charge is -2.22. The Kier molecular flexibility index (Phi) is 4.40. The Morgan fingerprint density at radius 2 is 2.00 bits per heavy atom. The van der Waals surface area contributed by atoms with Gasteiger partial charge in [0.25, 0.3) is 5.92 Å². The van der Waals surface area contributed by atoms with Crippen LogP contribution in [0.4, 0.5) is 8.78 Å². The number of carbonyl (C=O) groups is 1. The predicted molar refractivity (Wildman–Crippen MR) is 64.6 cm³/mol. The number of rotatable bonds is 5. The van der Waals surface area contributed by atoms with E-state index in [0.717, 1.165) is 0 Å². The number of carboxylic acid groups (broad SMARTS) is 1. The lowest BCUT2D eigenvalue weighted by Crippen LogP contribution is -2.26. The van der Waals surface area contributed by atoms with Crippen molar-refractivity contribution in [2.45, 2.75) is 25.8 Å². The molecule has 1 atom stereocenters. The summed E-state index contributed by atoms with van der Waals surface area (Å²) in [7, 11) is 1.48. The van der Waals surface area contributed by atoms with Crippen molar-refractivity contribution in [2.24, 2.45) is 5.92 Å². The zero-order valence-electron chi connectivity index (χ0n) is 10.6. The van der Waals surface area contributed by atoms with E-state index in [1.807, 2.05) is 0 Å². The van der Waals surface area contributed by atoms with Gasteiger partial charge in [-0.2, -0.15) is 0 Å². The molecular weight excluding hydrogens is 240 g/mol. The zero-order valence-corrected chi connectivity index (χ0v) is 10.6. The van der Waals surface area contributed by atoms with Crippen molar-refractivity contribution >= 4 is 5.97 Å². The van der Waals surface area contributed by atoms with Gasteiger partial charge in [0.2, 0.25) is 0 Å². The number of hydrogen-bond donors (Lipinski definition) is 2. The summed E-state index contributed by atoms with van der Waals surface area (Å²) in [5.74, 6) is -4.90. The van der Waals surface area contributed by atoms with E-state index in [-0.39, 0.29) is 5.56 Å². The van der Waals surface area contributed by atoms with Gasteiger partial charge in [-0.25, -0.2) is 8.78 Å². The molecule has 100 valence electrons. The van der Waals surface area contributed by atoms with E-state index in [1.165, 1.54) is 45.2 Å². The first kappa shape index (κ1) is 14.6. The maximum atomic E-state index is 13.9. The fourth-order valence-electron chi connectivity index (χ4n) is 1.69. The smallest absolute Gasteiger partial charge is 0.325 e. The molecule has 0 spiro atoms. The molecule has 1 aromatic rings. The quantitative estimate of drug-likeness (QED) is 0.852. The summed E-state index contributed by atoms with van der Waals surface area (Å²) >= 11 is 0. The highest BCUT2D eigenvalue weighted by molar-refractivity contribution is 5.75. The van der Waals surface area contributed by atoms with Gasteiger partial charge < -0.3 is 10.4 Å². The number of hydrogen-bond acceptors (Lipinski definition) is 2. The monoisotopic (exact) mass is 257 g/mol. The van der Waals surface area contributed by atoms with Crippen LogP contribution in [0.2, 0.25) is 0 Å². The van der Waals surface area contributed by atoms with Crippen LogP contribution in [0.25, 0.3) is 0 Å². The van der Waals surface area contributed by atoms with E-state index in [4.69, 9.17) is 5.11 Å². The molecule has 0 radical (unpaired) electrons. The topological polar surface area (TPSA) is 49.3 Å². The number of alkyl halides is 2. The zero-order chi connectivity index (χ0) is 13.9. The molecular formula is C13H17F2NO2. The van der Waals surface area contributed by atoms with Gasteiger partial charge in [0.1, 0.15) is 6.04 Å². The number of likely N-dealkylation sites (N-methyl/N-ethyl adjacent to an activating group) is 1. The minimum atomic E-state index is -2.97. The number of aliphatic carboxylic acids is 1. The first-order valence-electron chi connectivity index (χ1n) is 5.69. The van der Waals surface area contributed by atoms with Crippen LogP contribution in [0.3, 0.4) is 0 Å². The van der Waals surface area contributed by atoms with E-state index in [1.54, 1.807) is 0 Å². The highest BCUT2D eigenvalue weighted by Crippen LogP contribution is 2.36. The van der Waals surface area contributed by atoms with Gasteiger partial charge in [-0.3, -0.25) is 4.79 Å². The molecule has 0 saturated heterocycles. The van der Waals surface area contributed by atoms with Gasteiger partial charge in [-0.05, 0) is 18.7 Å². The summed E-state index contributed by atoms with van der Waals surface area (Å²) in [6, 6.07) is 4.56. The maximum Gasteiger partial charge on any atom is 0.325 e. The molecule has 2 N–H and O–H groups in total. The van der Waals surface area contributed by atoms with Crippen molar-refractivity contribution < 1.29 is 18.7 Å². The van der Waals surface area contributed by atoms with Crippen molar-refractivity contribution in [1.29, 1.82) is 0 Å². The molecule has 0 aromatic heterocycles. The molecule has 1 aromatic carbocycles. The SMILES string of the molecule is CNC(C(=O)O)c1cccc(C(F)(F)C(C)C)c1. The van der Waals surface area contributed by atoms with Gasteiger partial charge in [-0.1, -0.05) is 32.0 Å². The summed E-state index contributed by atoms with van der Waals surface area (Å²) in [5.41, 5.74) is 0.166. The van der Waals surface area contributed by atoms with Gasteiger partial charge in [0.05, 0.1) is 0 Å². The molecule has 0 aliphatic carbocycles. The van der Waals surface area contributed by atoms with E-state index in [0.29, 0.717) is 5.56 Å². The molecule has 0 aliphatic heterocycles. The van der Waals surface area contributed by atoms with Crippen LogP contribution in [-0.4, -0.2) is 18.1 Å². The standard InChI is InChI=1S/C13H17F2NO2/c1-8(2)13(14,15)10-6-4-5-9(7-10)11(16-3)12(17)18/h4-8,11,16H,1-3H3,(H,17,18). The Labute approximate surface area is 105 Å². The maximum absolute atomic E-state index is 13.9. The number of benzene rings is 1. The summed E-state index contributed by atoms with van der Waals surface area (Å²) in [5, 5.41) is 11.6. The molecule has 0 saturated carbocycles. The van der Waals surface area contributed by atoms with Crippen molar-refractivity contribution in [1.82, 2.24) is 5.32 Å². The van der Waals surface area contributed by atoms with Crippen LogP contribution in [0.15, 0.2) is 24.3 Å². The van der Waals surface area contributed by atoms with Crippen molar-refractivity contribution in [3.8, 4) is 0 Å². The van der Waals surface area contributed by atoms with E-state index >= 15 is 0 Å². The predicted octanol–water partition coefficient (Wildman–Crippen LogP) is 2.78. The molecule has 1 rings (SSSR count). The molecule has 18 heavy (non-hydrogen) atoms. The first-order chi connectivity index (χ1) is 8.30. The second kappa shape index (κ2) is 5.44. The molecule has 0 bridgehead atoms. The summed E-state index contributed by atoms with van der Waals surface area (Å²) in [4.78, 5) is 11.0. The van der Waals surface area contributed by atoms with Crippen LogP contribution in [0.5, 0.6) is 0 Å². The van der Waals surface area contributed by atoms with Crippen LogP contribution in [0, 0.1) is 5.92 Å². The van der Waals surface area contributed by atoms with Crippen LogP contribution < -0.4 is 5.32 Å². The van der Waals surface area contributed by atoms with Crippen LogP contribution in [0.1, 0.15) is 31.0 Å². The van der Waals surface area contributed by atoms with E-state index < -0.39 is 23.9 Å². The molecule has 0 heterocycles. The van der Waals surface area contributed by atoms with E-state index in [9.17, 15) is 13.6 Å². The minimum absolute atomic E-state index is 0.156. The molecule has 3 nitrogen and oxygen atoms in total. The number of halogens is 2. The van der Waals surface area contributed by atoms with Gasteiger partial charge >= 0.3 is 5.97 Å². The number of carboxylic acids is 1. The summed E-state index contributed by atoms with van der Waals surface area (Å²) < 4.78 is 27.7. The second-order valence-corrected chi connectivity index (χ2v) is 4.46. The van der Waals surface area contributed by atoms with Crippen LogP contribution >= 0.6 is 0 Å². The fourth-order valence-corrected chi connectivity index (χ4v) is 1.69. The fraction of sp³-hybridized carbons (Fsp3) is 0.462. The van der Waals surface area contributed by atoms with Gasteiger partial charge in [0, 0.05) is 11.5 Å². The molecule has 0 amide bonds. The minimum Gasteiger partial charge on any atom is -0.480 e. The largest absolute Gasteiger partial charge is 0.480 e. The lowest BCUT2D eigenvalue weighted by atomic mass is 9.94. The summed E-state index contributed by atoms with van der Waals surface area (Å²) in [6.07, 6.45) is 0. The molecule has 1 unspecified atom stereocenters. The van der Waals surface area contributed by atoms with E-state index in [2.05, 4.69) is 5.32 Å². The highest BCUT2D eigenvalue weighted by Gasteiger charge is 2.36. The Hall–Kier alpha value is -1.49. The van der Waals surface area contributed by atoms with Gasteiger partial charge in [-0.15, -0.1) is 0 Å². The average Bonchev–Trinajstić information content (AvgIpc) is 2.29. The third-order valence-corrected chi connectivity index (χ3v) is 2.87. The Morgan fingerprint density at radius 3 is 2.44 bits per heavy atom. The normalized spacial score (nSPS) is 13.7. The molecule has 0 fully saturated rings. The summed E-state index contributed by atoms with van der Waals surface area (Å²) in [6.45, 7) is 2.86. The van der Waals surface area contributed by atoms with Crippen molar-refractivity contribution in [3.63, 3.8) is 0 Å². The Balaban J connectivity index is 3.17. The first-order valence-corrected chi connectivity index (χ1v) is 5.69. The third-order valence-electron chi connectivity index (χ3n) is 2.87. The Morgan fingerprint density at radius 1 is 1.39 bits per heavy atom. The third kappa shape index (κ3) is 2.85. The molecule has 5 heteroatoms. The lowest BCUT2D eigenvalue weighted by molar-refractivity contribution is -0.139. The Bertz CT molecular complexity index is 433. The second-order valence-electron chi connectivity index (χ2n) is 4.46. The average molecular weight is 257 g/mol. The van der Waals surface area contributed by atoms with Crippen molar-refractivity contribution in [2.75, 3.05) is 7.05 Å². The van der Waals surface area contributed by atoms with Crippen molar-refractivity contribution in [3.05, 3.63) is 35.4 Å². The van der Waals surface area contributed by atoms with Gasteiger partial charge in [0.15, 0.2) is 0 Å². The number of nitrogens with one attached hydrogen (secondary N) is 1. The molecule has 0 aliphatic rings. The van der Waals surface area contributed by atoms with Crippen LogP contribution in [-0.2, 0) is 10.7 Å².